The molecule has 2 aromatic carbocycles. The first-order valence-electron chi connectivity index (χ1n) is 10.2. The fraction of sp³-hybridized carbons (Fsp3) is 0.167. The van der Waals surface area contributed by atoms with Gasteiger partial charge in [0.25, 0.3) is 10.0 Å². The summed E-state index contributed by atoms with van der Waals surface area (Å²) < 4.78 is 33.4. The molecule has 1 unspecified atom stereocenters. The van der Waals surface area contributed by atoms with Gasteiger partial charge in [-0.05, 0) is 60.7 Å². The molecule has 1 aliphatic rings. The zero-order chi connectivity index (χ0) is 22.3. The molecule has 162 valence electrons. The van der Waals surface area contributed by atoms with Gasteiger partial charge in [0, 0.05) is 17.8 Å². The number of nitrogens with zero attached hydrogens (tertiary/aromatic N) is 1. The van der Waals surface area contributed by atoms with Crippen LogP contribution in [0.3, 0.4) is 0 Å². The van der Waals surface area contributed by atoms with E-state index in [0.29, 0.717) is 16.7 Å². The second kappa shape index (κ2) is 7.80. The van der Waals surface area contributed by atoms with Crippen molar-refractivity contribution in [3.05, 3.63) is 94.5 Å². The number of hydrogen-bond donors (Lipinski definition) is 2. The first kappa shape index (κ1) is 20.3. The van der Waals surface area contributed by atoms with E-state index >= 15 is 0 Å². The Hall–Kier alpha value is -3.65. The van der Waals surface area contributed by atoms with E-state index in [0.717, 1.165) is 18.4 Å². The van der Waals surface area contributed by atoms with Gasteiger partial charge in [-0.3, -0.25) is 4.72 Å². The molecule has 0 spiro atoms. The third kappa shape index (κ3) is 3.73. The number of rotatable bonds is 6. The van der Waals surface area contributed by atoms with E-state index in [4.69, 9.17) is 4.42 Å². The second-order valence-electron chi connectivity index (χ2n) is 7.86. The number of sulfonamides is 1. The fourth-order valence-electron chi connectivity index (χ4n) is 4.04. The summed E-state index contributed by atoms with van der Waals surface area (Å²) in [5, 5.41) is 11.3. The van der Waals surface area contributed by atoms with Crippen LogP contribution in [0.1, 0.15) is 29.9 Å². The Morgan fingerprint density at radius 3 is 2.56 bits per heavy atom. The number of pyridine rings is 1. The maximum Gasteiger partial charge on any atom is 0.343 e. The highest BCUT2D eigenvalue weighted by Gasteiger charge is 2.38. The number of benzene rings is 2. The van der Waals surface area contributed by atoms with E-state index in [1.807, 2.05) is 6.07 Å². The van der Waals surface area contributed by atoms with Gasteiger partial charge in [0.15, 0.2) is 5.03 Å². The minimum absolute atomic E-state index is 0.0861. The molecule has 2 heterocycles. The van der Waals surface area contributed by atoms with Crippen molar-refractivity contribution in [1.82, 2.24) is 4.98 Å². The van der Waals surface area contributed by atoms with E-state index in [1.165, 1.54) is 12.3 Å². The number of aromatic nitrogens is 1. The molecule has 1 saturated carbocycles. The molecule has 4 aromatic rings. The van der Waals surface area contributed by atoms with E-state index < -0.39 is 21.6 Å². The third-order valence-electron chi connectivity index (χ3n) is 5.64. The number of nitrogens with one attached hydrogen (secondary N) is 1. The van der Waals surface area contributed by atoms with Crippen molar-refractivity contribution in [2.45, 2.75) is 23.8 Å². The largest absolute Gasteiger partial charge is 0.507 e. The molecule has 1 fully saturated rings. The van der Waals surface area contributed by atoms with Crippen LogP contribution in [-0.4, -0.2) is 18.5 Å². The first-order chi connectivity index (χ1) is 15.4. The lowest BCUT2D eigenvalue weighted by molar-refractivity contribution is 0.446. The van der Waals surface area contributed by atoms with Crippen LogP contribution in [0.4, 0.5) is 5.69 Å². The minimum atomic E-state index is -3.86. The number of para-hydroxylation sites is 1. The molecular formula is C24H20N2O5S. The van der Waals surface area contributed by atoms with Crippen LogP contribution in [0.2, 0.25) is 0 Å². The average molecular weight is 449 g/mol. The Kier molecular flexibility index (Phi) is 4.94. The topological polar surface area (TPSA) is 109 Å². The van der Waals surface area contributed by atoms with E-state index in [-0.39, 0.29) is 22.3 Å². The van der Waals surface area contributed by atoms with Crippen LogP contribution >= 0.6 is 0 Å². The molecule has 1 atom stereocenters. The molecule has 1 aliphatic carbocycles. The van der Waals surface area contributed by atoms with Crippen LogP contribution in [0.25, 0.3) is 11.0 Å². The van der Waals surface area contributed by atoms with E-state index in [9.17, 15) is 18.3 Å². The quantitative estimate of drug-likeness (QED) is 0.427. The zero-order valence-corrected chi connectivity index (χ0v) is 17.7. The molecule has 0 amide bonds. The molecule has 2 aromatic heterocycles. The molecule has 2 N–H and O–H groups in total. The minimum Gasteiger partial charge on any atom is -0.507 e. The molecule has 0 radical (unpaired) electrons. The summed E-state index contributed by atoms with van der Waals surface area (Å²) >= 11 is 0. The van der Waals surface area contributed by atoms with Crippen molar-refractivity contribution in [2.24, 2.45) is 5.92 Å². The van der Waals surface area contributed by atoms with Gasteiger partial charge in [-0.1, -0.05) is 30.3 Å². The van der Waals surface area contributed by atoms with Crippen molar-refractivity contribution in [3.8, 4) is 5.75 Å². The smallest absolute Gasteiger partial charge is 0.343 e. The monoisotopic (exact) mass is 448 g/mol. The van der Waals surface area contributed by atoms with Gasteiger partial charge in [-0.15, -0.1) is 0 Å². The lowest BCUT2D eigenvalue weighted by Gasteiger charge is -2.19. The molecular weight excluding hydrogens is 428 g/mol. The first-order valence-corrected chi connectivity index (χ1v) is 11.7. The lowest BCUT2D eigenvalue weighted by Crippen LogP contribution is -2.17. The van der Waals surface area contributed by atoms with E-state index in [2.05, 4.69) is 9.71 Å². The van der Waals surface area contributed by atoms with Crippen LogP contribution < -0.4 is 10.3 Å². The normalized spacial score (nSPS) is 14.9. The lowest BCUT2D eigenvalue weighted by atomic mass is 9.86. The highest BCUT2D eigenvalue weighted by atomic mass is 32.2. The SMILES string of the molecule is O=c1oc2ccccc2c(O)c1C(c1cccc(NS(=O)(=O)c2ccccn2)c1)C1CC1. The number of fused-ring (bicyclic) bond motifs is 1. The van der Waals surface area contributed by atoms with Crippen LogP contribution in [0, 0.1) is 5.92 Å². The Morgan fingerprint density at radius 2 is 1.81 bits per heavy atom. The van der Waals surface area contributed by atoms with Crippen molar-refractivity contribution in [1.29, 1.82) is 0 Å². The van der Waals surface area contributed by atoms with Crippen molar-refractivity contribution in [2.75, 3.05) is 4.72 Å². The van der Waals surface area contributed by atoms with Crippen molar-refractivity contribution >= 4 is 26.7 Å². The summed E-state index contributed by atoms with van der Waals surface area (Å²) in [7, 11) is -3.86. The molecule has 5 rings (SSSR count). The number of anilines is 1. The van der Waals surface area contributed by atoms with Crippen molar-refractivity contribution in [3.63, 3.8) is 0 Å². The van der Waals surface area contributed by atoms with Gasteiger partial charge in [0.2, 0.25) is 0 Å². The van der Waals surface area contributed by atoms with Crippen LogP contribution in [0.15, 0.2) is 87.2 Å². The number of hydrogen-bond acceptors (Lipinski definition) is 6. The molecule has 0 aliphatic heterocycles. The predicted octanol–water partition coefficient (Wildman–Crippen LogP) is 4.24. The maximum atomic E-state index is 12.9. The Labute approximate surface area is 184 Å². The Morgan fingerprint density at radius 1 is 1.03 bits per heavy atom. The second-order valence-corrected chi connectivity index (χ2v) is 9.49. The summed E-state index contributed by atoms with van der Waals surface area (Å²) in [5.41, 5.74) is 1.02. The van der Waals surface area contributed by atoms with Crippen LogP contribution in [-0.2, 0) is 10.0 Å². The molecule has 32 heavy (non-hydrogen) atoms. The summed E-state index contributed by atoms with van der Waals surface area (Å²) in [6.07, 6.45) is 3.22. The Bertz CT molecular complexity index is 1460. The summed E-state index contributed by atoms with van der Waals surface area (Å²) in [5.74, 6) is -0.337. The molecule has 0 saturated heterocycles. The van der Waals surface area contributed by atoms with Gasteiger partial charge in [0.05, 0.1) is 10.9 Å². The average Bonchev–Trinajstić information content (AvgIpc) is 3.62. The molecule has 7 nitrogen and oxygen atoms in total. The standard InChI is InChI=1S/C24H20N2O5S/c27-23-18-8-1-2-9-19(18)31-24(28)22(23)21(15-11-12-15)16-6-5-7-17(14-16)26-32(29,30)20-10-3-4-13-25-20/h1-10,13-15,21,26-27H,11-12H2. The highest BCUT2D eigenvalue weighted by molar-refractivity contribution is 7.92. The predicted molar refractivity (Wildman–Crippen MR) is 120 cm³/mol. The highest BCUT2D eigenvalue weighted by Crippen LogP contribution is 2.48. The summed E-state index contributed by atoms with van der Waals surface area (Å²) in [4.78, 5) is 16.8. The maximum absolute atomic E-state index is 12.9. The van der Waals surface area contributed by atoms with Gasteiger partial charge in [0.1, 0.15) is 11.3 Å². The number of aromatic hydroxyl groups is 1. The van der Waals surface area contributed by atoms with Gasteiger partial charge >= 0.3 is 5.63 Å². The van der Waals surface area contributed by atoms with Crippen molar-refractivity contribution < 1.29 is 17.9 Å². The van der Waals surface area contributed by atoms with Gasteiger partial charge in [-0.25, -0.2) is 9.78 Å². The summed E-state index contributed by atoms with van der Waals surface area (Å²) in [6.45, 7) is 0. The van der Waals surface area contributed by atoms with Crippen LogP contribution in [0.5, 0.6) is 5.75 Å². The Balaban J connectivity index is 1.57. The molecule has 0 bridgehead atoms. The fourth-order valence-corrected chi connectivity index (χ4v) is 5.03. The van der Waals surface area contributed by atoms with E-state index in [1.54, 1.807) is 54.6 Å². The molecule has 8 heteroatoms. The summed E-state index contributed by atoms with van der Waals surface area (Å²) in [6, 6.07) is 18.4. The zero-order valence-electron chi connectivity index (χ0n) is 16.9. The van der Waals surface area contributed by atoms with Gasteiger partial charge in [-0.2, -0.15) is 8.42 Å². The van der Waals surface area contributed by atoms with Gasteiger partial charge < -0.3 is 9.52 Å². The third-order valence-corrected chi connectivity index (χ3v) is 6.93.